The predicted molar refractivity (Wildman–Crippen MR) is 181 cm³/mol. The third kappa shape index (κ3) is 7.28. The van der Waals surface area contributed by atoms with E-state index in [-0.39, 0.29) is 0 Å². The zero-order valence-electron chi connectivity index (χ0n) is 26.5. The summed E-state index contributed by atoms with van der Waals surface area (Å²) in [5, 5.41) is 7.80. The monoisotopic (exact) mass is 625 g/mol. The van der Waals surface area contributed by atoms with Crippen molar-refractivity contribution in [3.63, 3.8) is 0 Å². The van der Waals surface area contributed by atoms with Crippen LogP contribution in [-0.4, -0.2) is 92.6 Å². The number of piperazine rings is 1. The number of hydrogen-bond donors (Lipinski definition) is 2. The highest BCUT2D eigenvalue weighted by atomic mass is 35.5. The molecule has 5 rings (SSSR count). The minimum absolute atomic E-state index is 0.371. The normalized spacial score (nSPS) is 17.3. The predicted octanol–water partition coefficient (Wildman–Crippen LogP) is 6.02. The maximum atomic E-state index is 13.1. The summed E-state index contributed by atoms with van der Waals surface area (Å²) >= 11 is 6.52. The molecule has 2 aliphatic rings. The third-order valence-electron chi connectivity index (χ3n) is 8.81. The van der Waals surface area contributed by atoms with Crippen LogP contribution < -0.4 is 25.6 Å². The van der Waals surface area contributed by atoms with E-state index in [2.05, 4.69) is 61.4 Å². The summed E-state index contributed by atoms with van der Waals surface area (Å²) in [6, 6.07) is 8.85. The summed E-state index contributed by atoms with van der Waals surface area (Å²) in [6.45, 7) is 16.5. The SMILES string of the molecule is COc1cc(N2CCC(N3CCN(C)CC3)CC2)c(C)cc1Nc1ncc(Cl)c(Nc2cc(C)c(C)cc2P(C)(C)=O)n1. The lowest BCUT2D eigenvalue weighted by Crippen LogP contribution is -2.52. The molecule has 0 aliphatic carbocycles. The van der Waals surface area contributed by atoms with E-state index >= 15 is 0 Å². The van der Waals surface area contributed by atoms with Crippen LogP contribution in [0.2, 0.25) is 5.02 Å². The van der Waals surface area contributed by atoms with Crippen molar-refractivity contribution in [3.8, 4) is 5.75 Å². The molecular weight excluding hydrogens is 581 g/mol. The van der Waals surface area contributed by atoms with E-state index in [1.54, 1.807) is 26.6 Å². The molecule has 0 unspecified atom stereocenters. The van der Waals surface area contributed by atoms with Crippen molar-refractivity contribution < 1.29 is 9.30 Å². The molecule has 0 radical (unpaired) electrons. The Balaban J connectivity index is 1.33. The van der Waals surface area contributed by atoms with Crippen LogP contribution in [0.25, 0.3) is 0 Å². The number of halogens is 1. The zero-order chi connectivity index (χ0) is 30.9. The van der Waals surface area contributed by atoms with Crippen LogP contribution in [0.15, 0.2) is 30.5 Å². The average molecular weight is 626 g/mol. The number of ether oxygens (including phenoxy) is 1. The molecule has 3 aromatic rings. The number of aryl methyl sites for hydroxylation is 3. The molecule has 232 valence electrons. The van der Waals surface area contributed by atoms with Gasteiger partial charge >= 0.3 is 0 Å². The first-order chi connectivity index (χ1) is 20.4. The third-order valence-corrected chi connectivity index (χ3v) is 10.6. The van der Waals surface area contributed by atoms with Gasteiger partial charge in [-0.2, -0.15) is 4.98 Å². The number of likely N-dealkylation sites (N-methyl/N-ethyl adjacent to an activating group) is 1. The fourth-order valence-electron chi connectivity index (χ4n) is 6.05. The smallest absolute Gasteiger partial charge is 0.229 e. The van der Waals surface area contributed by atoms with Crippen LogP contribution in [0.4, 0.5) is 28.8 Å². The fraction of sp³-hybridized carbons (Fsp3) is 0.500. The van der Waals surface area contributed by atoms with Crippen molar-refractivity contribution in [3.05, 3.63) is 52.2 Å². The Hall–Kier alpha value is -2.84. The van der Waals surface area contributed by atoms with Crippen molar-refractivity contribution in [2.45, 2.75) is 39.7 Å². The molecule has 2 saturated heterocycles. The lowest BCUT2D eigenvalue weighted by atomic mass is 10.0. The first kappa shape index (κ1) is 31.6. The van der Waals surface area contributed by atoms with E-state index in [1.807, 2.05) is 26.0 Å². The van der Waals surface area contributed by atoms with Gasteiger partial charge in [-0.15, -0.1) is 0 Å². The van der Waals surface area contributed by atoms with Crippen LogP contribution in [0, 0.1) is 20.8 Å². The van der Waals surface area contributed by atoms with Gasteiger partial charge in [0.15, 0.2) is 5.82 Å². The van der Waals surface area contributed by atoms with Crippen molar-refractivity contribution >= 4 is 52.9 Å². The van der Waals surface area contributed by atoms with Gasteiger partial charge in [0.05, 0.1) is 24.7 Å². The zero-order valence-corrected chi connectivity index (χ0v) is 28.1. The maximum absolute atomic E-state index is 13.1. The Bertz CT molecular complexity index is 1510. The van der Waals surface area contributed by atoms with Crippen LogP contribution in [0.5, 0.6) is 5.75 Å². The highest BCUT2D eigenvalue weighted by molar-refractivity contribution is 7.70. The second-order valence-electron chi connectivity index (χ2n) is 12.3. The molecular formula is C32H45ClN7O2P. The quantitative estimate of drug-likeness (QED) is 0.292. The molecule has 3 heterocycles. The van der Waals surface area contributed by atoms with Crippen LogP contribution in [-0.2, 0) is 4.57 Å². The van der Waals surface area contributed by atoms with Gasteiger partial charge in [0.1, 0.15) is 17.9 Å². The molecule has 0 spiro atoms. The number of methoxy groups -OCH3 is 1. The lowest BCUT2D eigenvalue weighted by Gasteiger charge is -2.43. The molecule has 1 aromatic heterocycles. The minimum atomic E-state index is -2.56. The molecule has 0 amide bonds. The van der Waals surface area contributed by atoms with Gasteiger partial charge in [0.2, 0.25) is 5.95 Å². The van der Waals surface area contributed by atoms with Crippen molar-refractivity contribution in [1.82, 2.24) is 19.8 Å². The second kappa shape index (κ2) is 13.0. The molecule has 43 heavy (non-hydrogen) atoms. The molecule has 2 N–H and O–H groups in total. The molecule has 0 saturated carbocycles. The van der Waals surface area contributed by atoms with Gasteiger partial charge in [0, 0.05) is 62.4 Å². The summed E-state index contributed by atoms with van der Waals surface area (Å²) < 4.78 is 18.9. The standard InChI is InChI=1S/C32H45ClN7O2P/c1-21-16-27(30(18-22(21)2)43(6,7)41)35-31-25(33)20-34-32(37-31)36-26-17-23(3)28(19-29(26)42-5)40-10-8-24(9-11-40)39-14-12-38(4)13-15-39/h16-20,24H,8-15H2,1-7H3,(H2,34,35,36,37). The highest BCUT2D eigenvalue weighted by Crippen LogP contribution is 2.40. The second-order valence-corrected chi connectivity index (χ2v) is 15.9. The van der Waals surface area contributed by atoms with Crippen molar-refractivity contribution in [2.75, 3.05) is 82.3 Å². The van der Waals surface area contributed by atoms with Gasteiger partial charge in [-0.1, -0.05) is 11.6 Å². The van der Waals surface area contributed by atoms with Crippen LogP contribution in [0.3, 0.4) is 0 Å². The van der Waals surface area contributed by atoms with E-state index in [0.29, 0.717) is 22.8 Å². The largest absolute Gasteiger partial charge is 0.494 e. The lowest BCUT2D eigenvalue weighted by molar-refractivity contribution is 0.0982. The molecule has 0 bridgehead atoms. The van der Waals surface area contributed by atoms with E-state index in [1.165, 1.54) is 31.6 Å². The number of aromatic nitrogens is 2. The molecule has 9 nitrogen and oxygen atoms in total. The molecule has 2 aromatic carbocycles. The van der Waals surface area contributed by atoms with Gasteiger partial charge in [-0.3, -0.25) is 4.90 Å². The van der Waals surface area contributed by atoms with Crippen molar-refractivity contribution in [2.24, 2.45) is 0 Å². The number of hydrogen-bond acceptors (Lipinski definition) is 9. The first-order valence-electron chi connectivity index (χ1n) is 15.0. The van der Waals surface area contributed by atoms with Gasteiger partial charge in [-0.05, 0) is 88.9 Å². The average Bonchev–Trinajstić information content (AvgIpc) is 2.97. The summed E-state index contributed by atoms with van der Waals surface area (Å²) in [7, 11) is 1.34. The van der Waals surface area contributed by atoms with E-state index < -0.39 is 7.14 Å². The van der Waals surface area contributed by atoms with Crippen LogP contribution in [0.1, 0.15) is 29.5 Å². The molecule has 2 aliphatic heterocycles. The minimum Gasteiger partial charge on any atom is -0.494 e. The Morgan fingerprint density at radius 3 is 2.21 bits per heavy atom. The number of benzene rings is 2. The maximum Gasteiger partial charge on any atom is 0.229 e. The van der Waals surface area contributed by atoms with E-state index in [4.69, 9.17) is 16.3 Å². The Morgan fingerprint density at radius 1 is 0.907 bits per heavy atom. The van der Waals surface area contributed by atoms with Crippen molar-refractivity contribution in [1.29, 1.82) is 0 Å². The van der Waals surface area contributed by atoms with Gasteiger partial charge < -0.3 is 29.7 Å². The van der Waals surface area contributed by atoms with Gasteiger partial charge in [0.25, 0.3) is 0 Å². The topological polar surface area (TPSA) is 85.9 Å². The highest BCUT2D eigenvalue weighted by Gasteiger charge is 2.28. The summed E-state index contributed by atoms with van der Waals surface area (Å²) in [6.07, 6.45) is 3.91. The summed E-state index contributed by atoms with van der Waals surface area (Å²) in [4.78, 5) is 16.7. The fourth-order valence-corrected chi connectivity index (χ4v) is 7.40. The Labute approximate surface area is 261 Å². The number of piperidine rings is 1. The summed E-state index contributed by atoms with van der Waals surface area (Å²) in [5.74, 6) is 1.55. The molecule has 11 heteroatoms. The van der Waals surface area contributed by atoms with Gasteiger partial charge in [-0.25, -0.2) is 4.98 Å². The Kier molecular flexibility index (Phi) is 9.57. The number of anilines is 5. The first-order valence-corrected chi connectivity index (χ1v) is 18.0. The number of nitrogens with one attached hydrogen (secondary N) is 2. The number of nitrogens with zero attached hydrogens (tertiary/aromatic N) is 5. The Morgan fingerprint density at radius 2 is 1.56 bits per heavy atom. The summed E-state index contributed by atoms with van der Waals surface area (Å²) in [5.41, 5.74) is 6.05. The van der Waals surface area contributed by atoms with Crippen LogP contribution >= 0.6 is 18.7 Å². The van der Waals surface area contributed by atoms with E-state index in [9.17, 15) is 4.57 Å². The van der Waals surface area contributed by atoms with E-state index in [0.717, 1.165) is 65.3 Å². The molecule has 0 atom stereocenters. The molecule has 2 fully saturated rings. The number of rotatable bonds is 8.